The quantitative estimate of drug-likeness (QED) is 0.874. The number of rotatable bonds is 3. The highest BCUT2D eigenvalue weighted by molar-refractivity contribution is 9.10. The van der Waals surface area contributed by atoms with Gasteiger partial charge in [0, 0.05) is 15.1 Å². The van der Waals surface area contributed by atoms with Gasteiger partial charge in [-0.25, -0.2) is 4.79 Å². The summed E-state index contributed by atoms with van der Waals surface area (Å²) in [6.45, 7) is 0. The first-order chi connectivity index (χ1) is 9.47. The number of para-hydroxylation sites is 1. The van der Waals surface area contributed by atoms with Crippen molar-refractivity contribution in [3.8, 4) is 0 Å². The molecule has 0 aliphatic heterocycles. The van der Waals surface area contributed by atoms with Crippen LogP contribution in [0.1, 0.15) is 20.7 Å². The summed E-state index contributed by atoms with van der Waals surface area (Å²) in [6.07, 6.45) is 0. The first kappa shape index (κ1) is 14.6. The number of carbonyl (C=O) groups excluding carboxylic acids is 1. The van der Waals surface area contributed by atoms with Crippen LogP contribution in [0.25, 0.3) is 0 Å². The molecule has 0 saturated carbocycles. The Kier molecular flexibility index (Phi) is 4.42. The van der Waals surface area contributed by atoms with Crippen LogP contribution in [0, 0.1) is 0 Å². The van der Waals surface area contributed by atoms with E-state index < -0.39 is 11.9 Å². The normalized spacial score (nSPS) is 10.1. The molecule has 0 atom stereocenters. The van der Waals surface area contributed by atoms with E-state index >= 15 is 0 Å². The van der Waals surface area contributed by atoms with Gasteiger partial charge in [-0.2, -0.15) is 0 Å². The Morgan fingerprint density at radius 1 is 1.15 bits per heavy atom. The first-order valence-corrected chi connectivity index (χ1v) is 6.74. The molecular weight excluding hydrogens is 346 g/mol. The van der Waals surface area contributed by atoms with Crippen molar-refractivity contribution in [2.75, 3.05) is 5.32 Å². The summed E-state index contributed by atoms with van der Waals surface area (Å²) in [7, 11) is 0. The molecule has 0 bridgehead atoms. The Hall–Kier alpha value is -1.85. The van der Waals surface area contributed by atoms with Crippen LogP contribution in [0.5, 0.6) is 0 Å². The Morgan fingerprint density at radius 3 is 2.50 bits per heavy atom. The number of carbonyl (C=O) groups is 2. The molecule has 102 valence electrons. The number of carboxylic acid groups (broad SMARTS) is 1. The van der Waals surface area contributed by atoms with Crippen LogP contribution in [0.3, 0.4) is 0 Å². The lowest BCUT2D eigenvalue weighted by Crippen LogP contribution is -2.14. The van der Waals surface area contributed by atoms with E-state index in [0.29, 0.717) is 15.1 Å². The maximum Gasteiger partial charge on any atom is 0.337 e. The number of aromatic carboxylic acids is 1. The van der Waals surface area contributed by atoms with Crippen LogP contribution in [0.15, 0.2) is 46.9 Å². The van der Waals surface area contributed by atoms with Gasteiger partial charge in [0.25, 0.3) is 5.91 Å². The van der Waals surface area contributed by atoms with Crippen molar-refractivity contribution in [2.45, 2.75) is 0 Å². The van der Waals surface area contributed by atoms with Gasteiger partial charge >= 0.3 is 5.97 Å². The standard InChI is InChI=1S/C14H9BrClNO3/c15-9-5-8(6-10(16)7-9)13(18)17-12-4-2-1-3-11(12)14(19)20/h1-7H,(H,17,18)(H,19,20). The summed E-state index contributed by atoms with van der Waals surface area (Å²) in [5.74, 6) is -1.53. The molecule has 2 N–H and O–H groups in total. The number of carboxylic acids is 1. The number of halogens is 2. The number of hydrogen-bond acceptors (Lipinski definition) is 2. The molecule has 0 aromatic heterocycles. The molecule has 6 heteroatoms. The molecule has 0 unspecified atom stereocenters. The van der Waals surface area contributed by atoms with Crippen molar-refractivity contribution in [3.05, 3.63) is 63.1 Å². The van der Waals surface area contributed by atoms with Crippen LogP contribution in [-0.2, 0) is 0 Å². The van der Waals surface area contributed by atoms with Gasteiger partial charge in [-0.3, -0.25) is 4.79 Å². The van der Waals surface area contributed by atoms with E-state index in [1.54, 1.807) is 24.3 Å². The minimum absolute atomic E-state index is 0.0296. The molecule has 0 radical (unpaired) electrons. The Balaban J connectivity index is 2.30. The summed E-state index contributed by atoms with van der Waals surface area (Å²) >= 11 is 9.12. The molecule has 1 amide bonds. The molecule has 0 aliphatic rings. The summed E-state index contributed by atoms with van der Waals surface area (Å²) in [5, 5.41) is 12.0. The van der Waals surface area contributed by atoms with Crippen LogP contribution >= 0.6 is 27.5 Å². The third-order valence-electron chi connectivity index (χ3n) is 2.53. The van der Waals surface area contributed by atoms with Crippen LogP contribution in [0.2, 0.25) is 5.02 Å². The molecule has 4 nitrogen and oxygen atoms in total. The second kappa shape index (κ2) is 6.07. The molecular formula is C14H9BrClNO3. The lowest BCUT2D eigenvalue weighted by molar-refractivity contribution is 0.0698. The maximum absolute atomic E-state index is 12.1. The lowest BCUT2D eigenvalue weighted by Gasteiger charge is -2.08. The fraction of sp³-hybridized carbons (Fsp3) is 0. The molecule has 0 fully saturated rings. The Morgan fingerprint density at radius 2 is 1.85 bits per heavy atom. The minimum atomic E-state index is -1.10. The molecule has 2 rings (SSSR count). The lowest BCUT2D eigenvalue weighted by atomic mass is 10.1. The largest absolute Gasteiger partial charge is 0.478 e. The highest BCUT2D eigenvalue weighted by Crippen LogP contribution is 2.21. The molecule has 2 aromatic rings. The fourth-order valence-corrected chi connectivity index (χ4v) is 2.52. The maximum atomic E-state index is 12.1. The molecule has 0 heterocycles. The minimum Gasteiger partial charge on any atom is -0.478 e. The van der Waals surface area contributed by atoms with E-state index in [4.69, 9.17) is 16.7 Å². The van der Waals surface area contributed by atoms with Crippen LogP contribution in [0.4, 0.5) is 5.69 Å². The average Bonchev–Trinajstić information content (AvgIpc) is 2.37. The van der Waals surface area contributed by atoms with Gasteiger partial charge in [-0.05, 0) is 30.3 Å². The molecule has 0 saturated heterocycles. The van der Waals surface area contributed by atoms with Crippen molar-refractivity contribution in [2.24, 2.45) is 0 Å². The van der Waals surface area contributed by atoms with E-state index in [9.17, 15) is 9.59 Å². The monoisotopic (exact) mass is 353 g/mol. The summed E-state index contributed by atoms with van der Waals surface area (Å²) in [5.41, 5.74) is 0.604. The molecule has 2 aromatic carbocycles. The summed E-state index contributed by atoms with van der Waals surface area (Å²) < 4.78 is 0.668. The van der Waals surface area contributed by atoms with Crippen molar-refractivity contribution in [3.63, 3.8) is 0 Å². The Bertz CT molecular complexity index is 668. The second-order valence-electron chi connectivity index (χ2n) is 3.96. The number of nitrogens with one attached hydrogen (secondary N) is 1. The van der Waals surface area contributed by atoms with Crippen molar-refractivity contribution in [1.82, 2.24) is 0 Å². The van der Waals surface area contributed by atoms with Crippen molar-refractivity contribution in [1.29, 1.82) is 0 Å². The topological polar surface area (TPSA) is 66.4 Å². The predicted molar refractivity (Wildman–Crippen MR) is 80.5 cm³/mol. The van der Waals surface area contributed by atoms with Crippen molar-refractivity contribution >= 4 is 45.1 Å². The number of benzene rings is 2. The number of hydrogen-bond donors (Lipinski definition) is 2. The van der Waals surface area contributed by atoms with E-state index in [0.717, 1.165) is 0 Å². The van der Waals surface area contributed by atoms with E-state index in [1.807, 2.05) is 0 Å². The molecule has 0 aliphatic carbocycles. The van der Waals surface area contributed by atoms with Gasteiger partial charge in [-0.15, -0.1) is 0 Å². The van der Waals surface area contributed by atoms with Crippen LogP contribution in [-0.4, -0.2) is 17.0 Å². The fourth-order valence-electron chi connectivity index (χ4n) is 1.66. The third kappa shape index (κ3) is 3.37. The zero-order valence-electron chi connectivity index (χ0n) is 10.1. The summed E-state index contributed by atoms with van der Waals surface area (Å²) in [4.78, 5) is 23.2. The smallest absolute Gasteiger partial charge is 0.337 e. The molecule has 0 spiro atoms. The van der Waals surface area contributed by atoms with Crippen LogP contribution < -0.4 is 5.32 Å². The van der Waals surface area contributed by atoms with E-state index in [1.165, 1.54) is 18.2 Å². The average molecular weight is 355 g/mol. The summed E-state index contributed by atoms with van der Waals surface area (Å²) in [6, 6.07) is 11.0. The number of anilines is 1. The van der Waals surface area contributed by atoms with Gasteiger partial charge in [0.15, 0.2) is 0 Å². The van der Waals surface area contributed by atoms with E-state index in [2.05, 4.69) is 21.2 Å². The van der Waals surface area contributed by atoms with Gasteiger partial charge in [-0.1, -0.05) is 39.7 Å². The first-order valence-electron chi connectivity index (χ1n) is 5.57. The SMILES string of the molecule is O=C(Nc1ccccc1C(=O)O)c1cc(Cl)cc(Br)c1. The van der Waals surface area contributed by atoms with Gasteiger partial charge < -0.3 is 10.4 Å². The highest BCUT2D eigenvalue weighted by Gasteiger charge is 2.13. The molecule has 20 heavy (non-hydrogen) atoms. The Labute approximate surface area is 128 Å². The van der Waals surface area contributed by atoms with Gasteiger partial charge in [0.05, 0.1) is 11.3 Å². The van der Waals surface area contributed by atoms with Gasteiger partial charge in [0.1, 0.15) is 0 Å². The number of amides is 1. The second-order valence-corrected chi connectivity index (χ2v) is 5.32. The third-order valence-corrected chi connectivity index (χ3v) is 3.21. The van der Waals surface area contributed by atoms with Gasteiger partial charge in [0.2, 0.25) is 0 Å². The van der Waals surface area contributed by atoms with Crippen molar-refractivity contribution < 1.29 is 14.7 Å². The zero-order valence-corrected chi connectivity index (χ0v) is 12.4. The highest BCUT2D eigenvalue weighted by atomic mass is 79.9. The predicted octanol–water partition coefficient (Wildman–Crippen LogP) is 4.05. The van der Waals surface area contributed by atoms with E-state index in [-0.39, 0.29) is 11.3 Å². The zero-order chi connectivity index (χ0) is 14.7.